The van der Waals surface area contributed by atoms with E-state index in [2.05, 4.69) is 4.72 Å². The van der Waals surface area contributed by atoms with Gasteiger partial charge in [0.15, 0.2) is 0 Å². The van der Waals surface area contributed by atoms with Crippen LogP contribution in [-0.4, -0.2) is 21.5 Å². The fourth-order valence-corrected chi connectivity index (χ4v) is 1.94. The lowest BCUT2D eigenvalue weighted by Crippen LogP contribution is -2.29. The molecule has 1 aromatic rings. The second kappa shape index (κ2) is 6.02. The summed E-state index contributed by atoms with van der Waals surface area (Å²) in [6, 6.07) is 4.59. The zero-order valence-electron chi connectivity index (χ0n) is 7.81. The van der Waals surface area contributed by atoms with Crippen LogP contribution in [0.2, 0.25) is 0 Å². The first-order chi connectivity index (χ1) is 6.56. The van der Waals surface area contributed by atoms with E-state index in [0.717, 1.165) is 12.1 Å². The van der Waals surface area contributed by atoms with Gasteiger partial charge >= 0.3 is 0 Å². The van der Waals surface area contributed by atoms with Crippen LogP contribution in [-0.2, 0) is 10.0 Å². The Hall–Kier alpha value is -0.690. The molecule has 3 N–H and O–H groups in total. The van der Waals surface area contributed by atoms with Crippen molar-refractivity contribution in [2.24, 2.45) is 5.73 Å². The van der Waals surface area contributed by atoms with E-state index in [4.69, 9.17) is 5.73 Å². The van der Waals surface area contributed by atoms with E-state index in [-0.39, 0.29) is 30.4 Å². The van der Waals surface area contributed by atoms with Crippen LogP contribution in [0.3, 0.4) is 0 Å². The molecule has 0 bridgehead atoms. The van der Waals surface area contributed by atoms with Gasteiger partial charge in [-0.15, -0.1) is 12.4 Å². The summed E-state index contributed by atoms with van der Waals surface area (Å²) in [5, 5.41) is 0. The van der Waals surface area contributed by atoms with Gasteiger partial charge in [0.2, 0.25) is 10.0 Å². The number of halogens is 2. The Morgan fingerprint density at radius 3 is 2.27 bits per heavy atom. The maximum Gasteiger partial charge on any atom is 0.240 e. The van der Waals surface area contributed by atoms with Gasteiger partial charge in [0.05, 0.1) is 4.90 Å². The summed E-state index contributed by atoms with van der Waals surface area (Å²) in [5.41, 5.74) is 5.15. The zero-order valence-corrected chi connectivity index (χ0v) is 9.44. The van der Waals surface area contributed by atoms with Crippen molar-refractivity contribution in [1.82, 2.24) is 4.72 Å². The first-order valence-electron chi connectivity index (χ1n) is 4.01. The smallest absolute Gasteiger partial charge is 0.240 e. The third-order valence-electron chi connectivity index (χ3n) is 1.56. The molecule has 0 aliphatic heterocycles. The van der Waals surface area contributed by atoms with Gasteiger partial charge < -0.3 is 5.73 Å². The zero-order chi connectivity index (χ0) is 10.6. The highest BCUT2D eigenvalue weighted by Crippen LogP contribution is 2.08. The number of sulfonamides is 1. The van der Waals surface area contributed by atoms with Gasteiger partial charge in [-0.3, -0.25) is 0 Å². The van der Waals surface area contributed by atoms with E-state index >= 15 is 0 Å². The molecule has 86 valence electrons. The van der Waals surface area contributed by atoms with Crippen LogP contribution in [0, 0.1) is 5.82 Å². The molecule has 0 radical (unpaired) electrons. The molecular formula is C8H12ClFN2O2S. The molecule has 0 amide bonds. The SMILES string of the molecule is Cl.NCCNS(=O)(=O)c1ccc(F)cc1. The van der Waals surface area contributed by atoms with Gasteiger partial charge in [-0.1, -0.05) is 0 Å². The minimum Gasteiger partial charge on any atom is -0.329 e. The third-order valence-corrected chi connectivity index (χ3v) is 3.04. The summed E-state index contributed by atoms with van der Waals surface area (Å²) in [5.74, 6) is -0.470. The molecule has 0 spiro atoms. The molecule has 0 aromatic heterocycles. The van der Waals surface area contributed by atoms with Crippen LogP contribution < -0.4 is 10.5 Å². The highest BCUT2D eigenvalue weighted by atomic mass is 35.5. The molecule has 0 saturated heterocycles. The van der Waals surface area contributed by atoms with Crippen molar-refractivity contribution < 1.29 is 12.8 Å². The lowest BCUT2D eigenvalue weighted by molar-refractivity contribution is 0.581. The Kier molecular flexibility index (Phi) is 5.74. The Balaban J connectivity index is 0.00000196. The number of nitrogens with one attached hydrogen (secondary N) is 1. The predicted molar refractivity (Wildman–Crippen MR) is 57.9 cm³/mol. The van der Waals surface area contributed by atoms with Crippen LogP contribution in [0.4, 0.5) is 4.39 Å². The van der Waals surface area contributed by atoms with Crippen LogP contribution >= 0.6 is 12.4 Å². The minimum atomic E-state index is -3.54. The fraction of sp³-hybridized carbons (Fsp3) is 0.250. The van der Waals surface area contributed by atoms with E-state index in [0.29, 0.717) is 0 Å². The predicted octanol–water partition coefficient (Wildman–Crippen LogP) is 0.484. The summed E-state index contributed by atoms with van der Waals surface area (Å²) in [4.78, 5) is 0.0346. The normalized spacial score (nSPS) is 10.8. The standard InChI is InChI=1S/C8H11FN2O2S.ClH/c9-7-1-3-8(4-2-7)14(12,13)11-6-5-10;/h1-4,11H,5-6,10H2;1H. The van der Waals surface area contributed by atoms with Crippen molar-refractivity contribution in [3.63, 3.8) is 0 Å². The van der Waals surface area contributed by atoms with E-state index in [1.165, 1.54) is 12.1 Å². The highest BCUT2D eigenvalue weighted by molar-refractivity contribution is 7.89. The van der Waals surface area contributed by atoms with Gasteiger partial charge in [-0.05, 0) is 24.3 Å². The summed E-state index contributed by atoms with van der Waals surface area (Å²) < 4.78 is 37.6. The summed E-state index contributed by atoms with van der Waals surface area (Å²) in [6.45, 7) is 0.389. The van der Waals surface area contributed by atoms with Gasteiger partial charge in [-0.25, -0.2) is 17.5 Å². The van der Waals surface area contributed by atoms with Crippen molar-refractivity contribution in [2.45, 2.75) is 4.90 Å². The van der Waals surface area contributed by atoms with Gasteiger partial charge in [-0.2, -0.15) is 0 Å². The van der Waals surface area contributed by atoms with Crippen molar-refractivity contribution in [3.05, 3.63) is 30.1 Å². The Bertz CT molecular complexity index is 394. The molecular weight excluding hydrogens is 243 g/mol. The molecule has 0 atom stereocenters. The highest BCUT2D eigenvalue weighted by Gasteiger charge is 2.12. The second-order valence-corrected chi connectivity index (χ2v) is 4.41. The first-order valence-corrected chi connectivity index (χ1v) is 5.50. The van der Waals surface area contributed by atoms with Crippen LogP contribution in [0.25, 0.3) is 0 Å². The molecule has 0 aliphatic carbocycles. The number of hydrogen-bond donors (Lipinski definition) is 2. The van der Waals surface area contributed by atoms with Crippen molar-refractivity contribution in [1.29, 1.82) is 0 Å². The van der Waals surface area contributed by atoms with Gasteiger partial charge in [0.25, 0.3) is 0 Å². The van der Waals surface area contributed by atoms with Crippen molar-refractivity contribution >= 4 is 22.4 Å². The molecule has 7 heteroatoms. The van der Waals surface area contributed by atoms with E-state index in [1.807, 2.05) is 0 Å². The number of nitrogens with two attached hydrogens (primary N) is 1. The average molecular weight is 255 g/mol. The number of rotatable bonds is 4. The maximum absolute atomic E-state index is 12.5. The molecule has 15 heavy (non-hydrogen) atoms. The lowest BCUT2D eigenvalue weighted by atomic mass is 10.4. The largest absolute Gasteiger partial charge is 0.329 e. The summed E-state index contributed by atoms with van der Waals surface area (Å²) in [6.07, 6.45) is 0. The molecule has 1 aromatic carbocycles. The molecule has 0 unspecified atom stereocenters. The quantitative estimate of drug-likeness (QED) is 0.821. The second-order valence-electron chi connectivity index (χ2n) is 2.64. The maximum atomic E-state index is 12.5. The molecule has 1 rings (SSSR count). The summed E-state index contributed by atoms with van der Waals surface area (Å²) in [7, 11) is -3.54. The third kappa shape index (κ3) is 4.13. The van der Waals surface area contributed by atoms with Gasteiger partial charge in [0.1, 0.15) is 5.82 Å². The lowest BCUT2D eigenvalue weighted by Gasteiger charge is -2.04. The van der Waals surface area contributed by atoms with E-state index in [1.54, 1.807) is 0 Å². The minimum absolute atomic E-state index is 0. The monoisotopic (exact) mass is 254 g/mol. The Morgan fingerprint density at radius 2 is 1.80 bits per heavy atom. The van der Waals surface area contributed by atoms with Crippen molar-refractivity contribution in [2.75, 3.05) is 13.1 Å². The van der Waals surface area contributed by atoms with Crippen LogP contribution in [0.1, 0.15) is 0 Å². The first kappa shape index (κ1) is 14.3. The van der Waals surface area contributed by atoms with Crippen molar-refractivity contribution in [3.8, 4) is 0 Å². The number of hydrogen-bond acceptors (Lipinski definition) is 3. The molecule has 0 aliphatic rings. The average Bonchev–Trinajstić information content (AvgIpc) is 2.16. The van der Waals surface area contributed by atoms with Crippen LogP contribution in [0.5, 0.6) is 0 Å². The Morgan fingerprint density at radius 1 is 1.27 bits per heavy atom. The van der Waals surface area contributed by atoms with E-state index < -0.39 is 15.8 Å². The Labute approximate surface area is 94.1 Å². The molecule has 0 fully saturated rings. The molecule has 0 heterocycles. The van der Waals surface area contributed by atoms with Crippen LogP contribution in [0.15, 0.2) is 29.2 Å². The number of benzene rings is 1. The topological polar surface area (TPSA) is 72.2 Å². The molecule has 4 nitrogen and oxygen atoms in total. The summed E-state index contributed by atoms with van der Waals surface area (Å²) >= 11 is 0. The molecule has 0 saturated carbocycles. The van der Waals surface area contributed by atoms with Gasteiger partial charge in [0, 0.05) is 13.1 Å². The fourth-order valence-electron chi connectivity index (χ4n) is 0.890. The van der Waals surface area contributed by atoms with E-state index in [9.17, 15) is 12.8 Å².